The summed E-state index contributed by atoms with van der Waals surface area (Å²) >= 11 is 0. The van der Waals surface area contributed by atoms with Gasteiger partial charge in [0.15, 0.2) is 17.4 Å². The smallest absolute Gasteiger partial charge is 0.246 e. The maximum absolute atomic E-state index is 12.3. The number of piperazine rings is 1. The molecule has 0 unspecified atom stereocenters. The first-order valence-electron chi connectivity index (χ1n) is 13.0. The van der Waals surface area contributed by atoms with Crippen LogP contribution in [0, 0.1) is 6.92 Å². The van der Waals surface area contributed by atoms with Crippen LogP contribution in [0.4, 0.5) is 17.3 Å². The maximum Gasteiger partial charge on any atom is 0.246 e. The molecule has 11 nitrogen and oxygen atoms in total. The highest BCUT2D eigenvalue weighted by atomic mass is 16.5. The largest absolute Gasteiger partial charge is 0.487 e. The molecule has 200 valence electrons. The number of rotatable bonds is 5. The molecule has 5 aromatic rings. The average molecular weight is 535 g/mol. The number of imidazole rings is 1. The van der Waals surface area contributed by atoms with Crippen LogP contribution in [0.2, 0.25) is 0 Å². The van der Waals surface area contributed by atoms with Gasteiger partial charge >= 0.3 is 0 Å². The number of carbonyl (C=O) groups excluding carboxylic acids is 1. The van der Waals surface area contributed by atoms with Gasteiger partial charge in [0.25, 0.3) is 0 Å². The molecular formula is C29H26N8O3. The van der Waals surface area contributed by atoms with Crippen molar-refractivity contribution in [2.24, 2.45) is 0 Å². The Labute approximate surface area is 229 Å². The Balaban J connectivity index is 1.15. The fraction of sp³-hybridized carbons (Fsp3) is 0.207. The van der Waals surface area contributed by atoms with Gasteiger partial charge in [-0.25, -0.2) is 19.9 Å². The average Bonchev–Trinajstić information content (AvgIpc) is 3.40. The van der Waals surface area contributed by atoms with E-state index in [0.29, 0.717) is 54.6 Å². The van der Waals surface area contributed by atoms with E-state index in [4.69, 9.17) is 14.5 Å². The van der Waals surface area contributed by atoms with E-state index in [2.05, 4.69) is 31.7 Å². The van der Waals surface area contributed by atoms with E-state index in [9.17, 15) is 4.79 Å². The lowest BCUT2D eigenvalue weighted by molar-refractivity contribution is -0.129. The second kappa shape index (κ2) is 9.53. The van der Waals surface area contributed by atoms with Gasteiger partial charge in [-0.3, -0.25) is 4.79 Å². The van der Waals surface area contributed by atoms with E-state index < -0.39 is 0 Å². The van der Waals surface area contributed by atoms with E-state index >= 15 is 0 Å². The van der Waals surface area contributed by atoms with E-state index in [0.717, 1.165) is 28.5 Å². The van der Waals surface area contributed by atoms with Gasteiger partial charge in [0, 0.05) is 56.0 Å². The quantitative estimate of drug-likeness (QED) is 0.333. The highest BCUT2D eigenvalue weighted by molar-refractivity contribution is 5.90. The predicted molar refractivity (Wildman–Crippen MR) is 150 cm³/mol. The van der Waals surface area contributed by atoms with E-state index in [1.165, 1.54) is 12.4 Å². The van der Waals surface area contributed by atoms with Crippen LogP contribution in [-0.4, -0.2) is 67.4 Å². The van der Waals surface area contributed by atoms with Crippen LogP contribution < -0.4 is 19.7 Å². The molecule has 2 bridgehead atoms. The molecule has 7 rings (SSSR count). The Morgan fingerprint density at radius 3 is 2.95 bits per heavy atom. The number of pyridine rings is 2. The number of aryl methyl sites for hydroxylation is 1. The minimum absolute atomic E-state index is 0.0782. The number of aromatic nitrogens is 5. The van der Waals surface area contributed by atoms with Crippen LogP contribution in [-0.2, 0) is 4.79 Å². The van der Waals surface area contributed by atoms with Gasteiger partial charge in [-0.15, -0.1) is 0 Å². The molecule has 1 N–H and O–H groups in total. The topological polar surface area (TPSA) is 110 Å². The molecule has 0 spiro atoms. The van der Waals surface area contributed by atoms with Crippen LogP contribution >= 0.6 is 0 Å². The number of anilines is 3. The number of carbonyl (C=O) groups is 1. The summed E-state index contributed by atoms with van der Waals surface area (Å²) < 4.78 is 14.2. The number of nitrogens with one attached hydrogen (secondary N) is 1. The Bertz CT molecular complexity index is 1780. The third-order valence-electron chi connectivity index (χ3n) is 7.26. The zero-order valence-electron chi connectivity index (χ0n) is 21.8. The molecule has 1 fully saturated rings. The highest BCUT2D eigenvalue weighted by Gasteiger charge is 2.34. The summed E-state index contributed by atoms with van der Waals surface area (Å²) in [5.74, 6) is 3.35. The monoisotopic (exact) mass is 534 g/mol. The summed E-state index contributed by atoms with van der Waals surface area (Å²) in [6.07, 6.45) is 8.43. The van der Waals surface area contributed by atoms with Gasteiger partial charge in [-0.05, 0) is 42.8 Å². The van der Waals surface area contributed by atoms with Crippen LogP contribution in [0.5, 0.6) is 17.2 Å². The molecule has 0 aliphatic carbocycles. The van der Waals surface area contributed by atoms with Crippen molar-refractivity contribution in [2.45, 2.75) is 13.0 Å². The summed E-state index contributed by atoms with van der Waals surface area (Å²) in [7, 11) is 0. The third-order valence-corrected chi connectivity index (χ3v) is 7.26. The molecule has 2 aliphatic rings. The van der Waals surface area contributed by atoms with Crippen molar-refractivity contribution in [2.75, 3.05) is 36.5 Å². The molecule has 2 aliphatic heterocycles. The molecule has 1 saturated heterocycles. The standard InChI is InChI=1S/C29H26N8O3/c1-3-26(38)37-11-10-36-15-20(37)16-39-24-14-22-27(34-29(24)36)28(32-17-31-22)33-19-4-5-23(18(2)12-19)40-21-6-8-35-9-7-30-25(35)13-21/h3-9,12-14,17,20H,1,10-11,15-16H2,2H3,(H,31,32,33)/t20-/m0/s1. The van der Waals surface area contributed by atoms with Gasteiger partial charge in [0.2, 0.25) is 5.91 Å². The first-order valence-corrected chi connectivity index (χ1v) is 13.0. The van der Waals surface area contributed by atoms with Crippen LogP contribution in [0.15, 0.2) is 74.0 Å². The SMILES string of the molecule is C=CC(=O)N1CCN2C[C@H]1COc1cc3ncnc(Nc4ccc(Oc5ccn6ccnc6c5)c(C)c4)c3nc12. The zero-order chi connectivity index (χ0) is 27.2. The number of amides is 1. The first-order chi connectivity index (χ1) is 19.6. The lowest BCUT2D eigenvalue weighted by Gasteiger charge is -2.39. The molecule has 6 heterocycles. The number of benzene rings is 1. The van der Waals surface area contributed by atoms with Crippen LogP contribution in [0.1, 0.15) is 5.56 Å². The molecule has 1 aromatic carbocycles. The molecule has 4 aromatic heterocycles. The predicted octanol–water partition coefficient (Wildman–Crippen LogP) is 4.11. The Hall–Kier alpha value is -5.19. The van der Waals surface area contributed by atoms with Gasteiger partial charge in [0.05, 0.1) is 11.6 Å². The van der Waals surface area contributed by atoms with Crippen molar-refractivity contribution >= 4 is 39.9 Å². The molecular weight excluding hydrogens is 508 g/mol. The number of fused-ring (bicyclic) bond motifs is 6. The molecule has 40 heavy (non-hydrogen) atoms. The van der Waals surface area contributed by atoms with Gasteiger partial charge in [-0.1, -0.05) is 6.58 Å². The molecule has 1 amide bonds. The number of hydrogen-bond acceptors (Lipinski definition) is 9. The van der Waals surface area contributed by atoms with E-state index in [-0.39, 0.29) is 11.9 Å². The Kier molecular flexibility index (Phi) is 5.69. The molecule has 11 heteroatoms. The highest BCUT2D eigenvalue weighted by Crippen LogP contribution is 2.36. The van der Waals surface area contributed by atoms with Crippen molar-refractivity contribution in [3.63, 3.8) is 0 Å². The first kappa shape index (κ1) is 23.9. The second-order valence-electron chi connectivity index (χ2n) is 9.81. The van der Waals surface area contributed by atoms with Crippen molar-refractivity contribution in [3.8, 4) is 17.2 Å². The number of ether oxygens (including phenoxy) is 2. The fourth-order valence-electron chi connectivity index (χ4n) is 5.23. The van der Waals surface area contributed by atoms with Crippen molar-refractivity contribution in [3.05, 3.63) is 79.5 Å². The van der Waals surface area contributed by atoms with Crippen molar-refractivity contribution in [1.82, 2.24) is 29.2 Å². The summed E-state index contributed by atoms with van der Waals surface area (Å²) in [6.45, 7) is 7.88. The molecule has 0 saturated carbocycles. The zero-order valence-corrected chi connectivity index (χ0v) is 21.8. The number of nitrogens with zero attached hydrogens (tertiary/aromatic N) is 7. The van der Waals surface area contributed by atoms with E-state index in [1.54, 1.807) is 6.20 Å². The maximum atomic E-state index is 12.3. The lowest BCUT2D eigenvalue weighted by Crippen LogP contribution is -2.56. The van der Waals surface area contributed by atoms with Gasteiger partial charge in [-0.2, -0.15) is 0 Å². The minimum Gasteiger partial charge on any atom is -0.487 e. The van der Waals surface area contributed by atoms with Gasteiger partial charge < -0.3 is 29.0 Å². The van der Waals surface area contributed by atoms with Crippen LogP contribution in [0.25, 0.3) is 16.7 Å². The summed E-state index contributed by atoms with van der Waals surface area (Å²) in [6, 6.07) is 11.5. The minimum atomic E-state index is -0.0829. The van der Waals surface area contributed by atoms with Crippen molar-refractivity contribution < 1.29 is 14.3 Å². The fourth-order valence-corrected chi connectivity index (χ4v) is 5.23. The van der Waals surface area contributed by atoms with Crippen LogP contribution in [0.3, 0.4) is 0 Å². The third kappa shape index (κ3) is 4.21. The Morgan fingerprint density at radius 1 is 1.15 bits per heavy atom. The van der Waals surface area contributed by atoms with Gasteiger partial charge in [0.1, 0.15) is 35.6 Å². The summed E-state index contributed by atoms with van der Waals surface area (Å²) in [5.41, 5.74) is 3.93. The Morgan fingerprint density at radius 2 is 2.08 bits per heavy atom. The summed E-state index contributed by atoms with van der Waals surface area (Å²) in [4.78, 5) is 34.5. The molecule has 0 radical (unpaired) electrons. The van der Waals surface area contributed by atoms with E-state index in [1.807, 2.05) is 65.0 Å². The lowest BCUT2D eigenvalue weighted by atomic mass is 10.1. The number of hydrogen-bond donors (Lipinski definition) is 1. The van der Waals surface area contributed by atoms with Crippen molar-refractivity contribution in [1.29, 1.82) is 0 Å². The summed E-state index contributed by atoms with van der Waals surface area (Å²) in [5, 5.41) is 3.40. The normalized spacial score (nSPS) is 16.3. The molecule has 1 atom stereocenters. The second-order valence-corrected chi connectivity index (χ2v) is 9.81.